The Morgan fingerprint density at radius 3 is 3.38 bits per heavy atom. The zero-order chi connectivity index (χ0) is 9.10. The SMILES string of the molecule is CONCc1ccc2n1CCSC2. The van der Waals surface area contributed by atoms with Crippen LogP contribution in [-0.4, -0.2) is 17.4 Å². The standard InChI is InChI=1S/C9H14N2OS/c1-12-10-6-8-2-3-9-7-13-5-4-11(8)9/h2-3,10H,4-7H2,1H3. The highest BCUT2D eigenvalue weighted by atomic mass is 32.2. The summed E-state index contributed by atoms with van der Waals surface area (Å²) in [5.41, 5.74) is 5.62. The first-order valence-corrected chi connectivity index (χ1v) is 5.58. The molecule has 0 unspecified atom stereocenters. The van der Waals surface area contributed by atoms with Gasteiger partial charge in [-0.3, -0.25) is 0 Å². The monoisotopic (exact) mass is 198 g/mol. The fourth-order valence-electron chi connectivity index (χ4n) is 1.60. The van der Waals surface area contributed by atoms with Crippen molar-refractivity contribution in [1.82, 2.24) is 10.0 Å². The van der Waals surface area contributed by atoms with E-state index < -0.39 is 0 Å². The van der Waals surface area contributed by atoms with E-state index in [2.05, 4.69) is 22.2 Å². The second-order valence-electron chi connectivity index (χ2n) is 3.05. The van der Waals surface area contributed by atoms with Gasteiger partial charge in [0.25, 0.3) is 0 Å². The quantitative estimate of drug-likeness (QED) is 0.743. The third-order valence-corrected chi connectivity index (χ3v) is 3.24. The van der Waals surface area contributed by atoms with Crippen molar-refractivity contribution in [3.63, 3.8) is 0 Å². The molecule has 0 bridgehead atoms. The first kappa shape index (κ1) is 9.12. The maximum absolute atomic E-state index is 4.84. The average Bonchev–Trinajstić information content (AvgIpc) is 2.58. The minimum atomic E-state index is 0.793. The lowest BCUT2D eigenvalue weighted by Crippen LogP contribution is -2.18. The van der Waals surface area contributed by atoms with Crippen LogP contribution in [0.25, 0.3) is 0 Å². The van der Waals surface area contributed by atoms with Crippen molar-refractivity contribution < 1.29 is 4.84 Å². The topological polar surface area (TPSA) is 26.2 Å². The van der Waals surface area contributed by atoms with Crippen LogP contribution in [-0.2, 0) is 23.7 Å². The summed E-state index contributed by atoms with van der Waals surface area (Å²) in [5.74, 6) is 2.37. The molecule has 0 amide bonds. The van der Waals surface area contributed by atoms with E-state index in [9.17, 15) is 0 Å². The fourth-order valence-corrected chi connectivity index (χ4v) is 2.52. The summed E-state index contributed by atoms with van der Waals surface area (Å²) < 4.78 is 2.38. The number of hydrogen-bond acceptors (Lipinski definition) is 3. The number of hydrogen-bond donors (Lipinski definition) is 1. The van der Waals surface area contributed by atoms with Gasteiger partial charge < -0.3 is 9.40 Å². The van der Waals surface area contributed by atoms with Gasteiger partial charge in [-0.15, -0.1) is 0 Å². The number of nitrogens with zero attached hydrogens (tertiary/aromatic N) is 1. The van der Waals surface area contributed by atoms with Crippen LogP contribution in [0.15, 0.2) is 12.1 Å². The Balaban J connectivity index is 2.12. The van der Waals surface area contributed by atoms with Crippen molar-refractivity contribution in [2.24, 2.45) is 0 Å². The highest BCUT2D eigenvalue weighted by Crippen LogP contribution is 2.21. The van der Waals surface area contributed by atoms with Crippen LogP contribution in [0.1, 0.15) is 11.4 Å². The molecule has 0 aliphatic carbocycles. The van der Waals surface area contributed by atoms with E-state index in [4.69, 9.17) is 4.84 Å². The van der Waals surface area contributed by atoms with Crippen molar-refractivity contribution in [3.05, 3.63) is 23.5 Å². The van der Waals surface area contributed by atoms with Gasteiger partial charge in [0.1, 0.15) is 0 Å². The van der Waals surface area contributed by atoms with Crippen molar-refractivity contribution in [1.29, 1.82) is 0 Å². The zero-order valence-electron chi connectivity index (χ0n) is 7.75. The van der Waals surface area contributed by atoms with E-state index >= 15 is 0 Å². The van der Waals surface area contributed by atoms with Crippen LogP contribution in [0, 0.1) is 0 Å². The van der Waals surface area contributed by atoms with Crippen LogP contribution in [0.4, 0.5) is 0 Å². The molecule has 1 N–H and O–H groups in total. The third-order valence-electron chi connectivity index (χ3n) is 2.27. The Kier molecular flexibility index (Phi) is 2.93. The minimum Gasteiger partial charge on any atom is -0.346 e. The summed E-state index contributed by atoms with van der Waals surface area (Å²) in [5, 5.41) is 0. The normalized spacial score (nSPS) is 15.8. The molecule has 13 heavy (non-hydrogen) atoms. The third kappa shape index (κ3) is 1.90. The second-order valence-corrected chi connectivity index (χ2v) is 4.15. The van der Waals surface area contributed by atoms with Crippen LogP contribution in [0.3, 0.4) is 0 Å². The van der Waals surface area contributed by atoms with E-state index in [-0.39, 0.29) is 0 Å². The molecular formula is C9H14N2OS. The molecule has 0 spiro atoms. The fraction of sp³-hybridized carbons (Fsp3) is 0.556. The second kappa shape index (κ2) is 4.17. The summed E-state index contributed by atoms with van der Waals surface area (Å²) in [6, 6.07) is 4.38. The molecule has 0 saturated carbocycles. The van der Waals surface area contributed by atoms with Crippen LogP contribution >= 0.6 is 11.8 Å². The van der Waals surface area contributed by atoms with Crippen molar-refractivity contribution in [3.8, 4) is 0 Å². The van der Waals surface area contributed by atoms with E-state index in [1.807, 2.05) is 11.8 Å². The Morgan fingerprint density at radius 1 is 1.62 bits per heavy atom. The molecule has 1 aromatic rings. The van der Waals surface area contributed by atoms with Crippen molar-refractivity contribution >= 4 is 11.8 Å². The maximum Gasteiger partial charge on any atom is 0.0613 e. The Labute approximate surface area is 82.4 Å². The molecule has 0 radical (unpaired) electrons. The van der Waals surface area contributed by atoms with Crippen LogP contribution < -0.4 is 5.48 Å². The Hall–Kier alpha value is -0.450. The lowest BCUT2D eigenvalue weighted by molar-refractivity contribution is 0.0850. The zero-order valence-corrected chi connectivity index (χ0v) is 8.56. The van der Waals surface area contributed by atoms with Gasteiger partial charge in [0.15, 0.2) is 0 Å². The maximum atomic E-state index is 4.84. The molecule has 1 aliphatic heterocycles. The van der Waals surface area contributed by atoms with E-state index in [1.54, 1.807) is 7.11 Å². The highest BCUT2D eigenvalue weighted by molar-refractivity contribution is 7.98. The first-order chi connectivity index (χ1) is 6.42. The molecule has 72 valence electrons. The van der Waals surface area contributed by atoms with Crippen molar-refractivity contribution in [2.45, 2.75) is 18.8 Å². The lowest BCUT2D eigenvalue weighted by Gasteiger charge is -2.17. The van der Waals surface area contributed by atoms with Gasteiger partial charge in [-0.2, -0.15) is 17.2 Å². The summed E-state index contributed by atoms with van der Waals surface area (Å²) in [6.07, 6.45) is 0. The molecule has 0 fully saturated rings. The molecule has 1 aliphatic rings. The molecule has 0 aromatic carbocycles. The number of fused-ring (bicyclic) bond motifs is 1. The van der Waals surface area contributed by atoms with Gasteiger partial charge in [-0.1, -0.05) is 0 Å². The number of hydroxylamine groups is 1. The van der Waals surface area contributed by atoms with Crippen LogP contribution in [0.5, 0.6) is 0 Å². The van der Waals surface area contributed by atoms with Gasteiger partial charge in [0.2, 0.25) is 0 Å². The van der Waals surface area contributed by atoms with E-state index in [1.165, 1.54) is 17.1 Å². The number of thioether (sulfide) groups is 1. The molecule has 4 heteroatoms. The van der Waals surface area contributed by atoms with Gasteiger partial charge in [0, 0.05) is 29.4 Å². The average molecular weight is 198 g/mol. The minimum absolute atomic E-state index is 0.793. The van der Waals surface area contributed by atoms with E-state index in [0.717, 1.165) is 18.8 Å². The largest absolute Gasteiger partial charge is 0.346 e. The Bertz CT molecular complexity index is 285. The van der Waals surface area contributed by atoms with Gasteiger partial charge in [-0.05, 0) is 12.1 Å². The van der Waals surface area contributed by atoms with E-state index in [0.29, 0.717) is 0 Å². The molecule has 0 saturated heterocycles. The summed E-state index contributed by atoms with van der Waals surface area (Å²) >= 11 is 2.00. The smallest absolute Gasteiger partial charge is 0.0613 e. The molecule has 2 rings (SSSR count). The predicted octanol–water partition coefficient (Wildman–Crippen LogP) is 1.39. The lowest BCUT2D eigenvalue weighted by atomic mass is 10.4. The van der Waals surface area contributed by atoms with Gasteiger partial charge >= 0.3 is 0 Å². The van der Waals surface area contributed by atoms with Gasteiger partial charge in [-0.25, -0.2) is 0 Å². The molecule has 1 aromatic heterocycles. The first-order valence-electron chi connectivity index (χ1n) is 4.42. The number of nitrogens with one attached hydrogen (secondary N) is 1. The predicted molar refractivity (Wildman–Crippen MR) is 54.4 cm³/mol. The summed E-state index contributed by atoms with van der Waals surface area (Å²) in [4.78, 5) is 4.84. The number of rotatable bonds is 3. The molecule has 2 heterocycles. The van der Waals surface area contributed by atoms with Crippen LogP contribution in [0.2, 0.25) is 0 Å². The molecular weight excluding hydrogens is 184 g/mol. The van der Waals surface area contributed by atoms with Gasteiger partial charge in [0.05, 0.1) is 13.7 Å². The molecule has 3 nitrogen and oxygen atoms in total. The highest BCUT2D eigenvalue weighted by Gasteiger charge is 2.11. The summed E-state index contributed by atoms with van der Waals surface area (Å²) in [6.45, 7) is 1.93. The summed E-state index contributed by atoms with van der Waals surface area (Å²) in [7, 11) is 1.65. The van der Waals surface area contributed by atoms with Crippen molar-refractivity contribution in [2.75, 3.05) is 12.9 Å². The molecule has 0 atom stereocenters. The Morgan fingerprint density at radius 2 is 2.54 bits per heavy atom. The number of aromatic nitrogens is 1.